The Balaban J connectivity index is 2.33. The summed E-state index contributed by atoms with van der Waals surface area (Å²) >= 11 is 0. The summed E-state index contributed by atoms with van der Waals surface area (Å²) in [5.74, 6) is -0.226. The van der Waals surface area contributed by atoms with Crippen LogP contribution in [0.1, 0.15) is 12.5 Å². The number of phenols is 1. The van der Waals surface area contributed by atoms with Crippen LogP contribution in [0, 0.1) is 5.82 Å². The van der Waals surface area contributed by atoms with E-state index in [9.17, 15) is 14.6 Å². The zero-order chi connectivity index (χ0) is 13.9. The van der Waals surface area contributed by atoms with Crippen molar-refractivity contribution in [2.75, 3.05) is 11.9 Å². The van der Waals surface area contributed by atoms with Gasteiger partial charge in [0.25, 0.3) is 0 Å². The number of aliphatic hydroxyl groups excluding tert-OH is 1. The number of phenolic OH excluding ortho intramolecular Hbond substituents is 1. The molecule has 0 saturated heterocycles. The van der Waals surface area contributed by atoms with Gasteiger partial charge in [0, 0.05) is 0 Å². The second-order valence-corrected chi connectivity index (χ2v) is 4.64. The number of halogens is 1. The fourth-order valence-corrected chi connectivity index (χ4v) is 1.89. The van der Waals surface area contributed by atoms with Gasteiger partial charge in [-0.2, -0.15) is 0 Å². The molecule has 2 aromatic rings. The first-order valence-corrected chi connectivity index (χ1v) is 5.98. The topological polar surface area (TPSA) is 52.5 Å². The Morgan fingerprint density at radius 1 is 1.11 bits per heavy atom. The maximum absolute atomic E-state index is 13.7. The smallest absolute Gasteiger partial charge is 0.146 e. The first-order chi connectivity index (χ1) is 9.05. The second-order valence-electron chi connectivity index (χ2n) is 4.64. The van der Waals surface area contributed by atoms with Crippen molar-refractivity contribution in [3.63, 3.8) is 0 Å². The minimum atomic E-state index is -0.824. The van der Waals surface area contributed by atoms with Gasteiger partial charge in [0.15, 0.2) is 0 Å². The van der Waals surface area contributed by atoms with Crippen LogP contribution < -0.4 is 5.32 Å². The summed E-state index contributed by atoms with van der Waals surface area (Å²) in [4.78, 5) is 0. The largest absolute Gasteiger partial charge is 0.508 e. The molecule has 0 aliphatic heterocycles. The SMILES string of the molecule is CC(CO)(Nc1ccccc1F)c1ccc(O)cc1. The molecule has 4 heteroatoms. The van der Waals surface area contributed by atoms with Gasteiger partial charge in [0.05, 0.1) is 17.8 Å². The lowest BCUT2D eigenvalue weighted by atomic mass is 9.92. The average molecular weight is 261 g/mol. The molecule has 0 aromatic heterocycles. The van der Waals surface area contributed by atoms with Gasteiger partial charge < -0.3 is 15.5 Å². The lowest BCUT2D eigenvalue weighted by Crippen LogP contribution is -2.36. The molecule has 0 saturated carbocycles. The average Bonchev–Trinajstić information content (AvgIpc) is 2.42. The van der Waals surface area contributed by atoms with Gasteiger partial charge in [0.2, 0.25) is 0 Å². The minimum absolute atomic E-state index is 0.148. The number of aliphatic hydroxyl groups is 1. The van der Waals surface area contributed by atoms with E-state index in [2.05, 4.69) is 5.32 Å². The van der Waals surface area contributed by atoms with E-state index in [1.807, 2.05) is 0 Å². The van der Waals surface area contributed by atoms with Crippen molar-refractivity contribution in [1.82, 2.24) is 0 Å². The summed E-state index contributed by atoms with van der Waals surface area (Å²) in [6.45, 7) is 1.57. The molecule has 3 N–H and O–H groups in total. The lowest BCUT2D eigenvalue weighted by Gasteiger charge is -2.30. The van der Waals surface area contributed by atoms with Gasteiger partial charge >= 0.3 is 0 Å². The van der Waals surface area contributed by atoms with E-state index in [1.54, 1.807) is 37.3 Å². The predicted octanol–water partition coefficient (Wildman–Crippen LogP) is 2.85. The van der Waals surface area contributed by atoms with Crippen molar-refractivity contribution >= 4 is 5.69 Å². The van der Waals surface area contributed by atoms with Crippen LogP contribution in [0.2, 0.25) is 0 Å². The number of aromatic hydroxyl groups is 1. The van der Waals surface area contributed by atoms with Gasteiger partial charge in [0.1, 0.15) is 11.6 Å². The van der Waals surface area contributed by atoms with E-state index in [1.165, 1.54) is 18.2 Å². The Morgan fingerprint density at radius 2 is 1.74 bits per heavy atom. The lowest BCUT2D eigenvalue weighted by molar-refractivity contribution is 0.223. The highest BCUT2D eigenvalue weighted by atomic mass is 19.1. The molecule has 0 amide bonds. The maximum Gasteiger partial charge on any atom is 0.146 e. The summed E-state index contributed by atoms with van der Waals surface area (Å²) in [7, 11) is 0. The summed E-state index contributed by atoms with van der Waals surface area (Å²) in [6, 6.07) is 12.8. The monoisotopic (exact) mass is 261 g/mol. The van der Waals surface area contributed by atoms with Crippen LogP contribution in [0.5, 0.6) is 5.75 Å². The van der Waals surface area contributed by atoms with E-state index in [0.717, 1.165) is 5.56 Å². The van der Waals surface area contributed by atoms with Gasteiger partial charge in [-0.25, -0.2) is 4.39 Å². The molecule has 1 unspecified atom stereocenters. The van der Waals surface area contributed by atoms with E-state index in [-0.39, 0.29) is 18.2 Å². The summed E-state index contributed by atoms with van der Waals surface area (Å²) in [5, 5.41) is 21.9. The summed E-state index contributed by atoms with van der Waals surface area (Å²) in [5.41, 5.74) is 0.263. The zero-order valence-corrected chi connectivity index (χ0v) is 10.6. The van der Waals surface area contributed by atoms with Crippen molar-refractivity contribution in [3.8, 4) is 5.75 Å². The van der Waals surface area contributed by atoms with E-state index < -0.39 is 5.54 Å². The highest BCUT2D eigenvalue weighted by Gasteiger charge is 2.26. The first kappa shape index (κ1) is 13.4. The fraction of sp³-hybridized carbons (Fsp3) is 0.200. The van der Waals surface area contributed by atoms with Crippen molar-refractivity contribution in [3.05, 3.63) is 59.9 Å². The number of para-hydroxylation sites is 1. The third-order valence-corrected chi connectivity index (χ3v) is 3.11. The van der Waals surface area contributed by atoms with Crippen LogP contribution >= 0.6 is 0 Å². The molecule has 0 aliphatic rings. The van der Waals surface area contributed by atoms with Crippen molar-refractivity contribution in [2.24, 2.45) is 0 Å². The molecule has 0 fully saturated rings. The van der Waals surface area contributed by atoms with E-state index >= 15 is 0 Å². The number of benzene rings is 2. The Bertz CT molecular complexity index is 556. The molecule has 0 aliphatic carbocycles. The van der Waals surface area contributed by atoms with E-state index in [4.69, 9.17) is 0 Å². The van der Waals surface area contributed by atoms with Gasteiger partial charge in [-0.3, -0.25) is 0 Å². The predicted molar refractivity (Wildman–Crippen MR) is 72.6 cm³/mol. The molecule has 0 heterocycles. The first-order valence-electron chi connectivity index (χ1n) is 5.98. The number of hydrogen-bond donors (Lipinski definition) is 3. The molecule has 100 valence electrons. The molecule has 2 rings (SSSR count). The van der Waals surface area contributed by atoms with Crippen molar-refractivity contribution < 1.29 is 14.6 Å². The van der Waals surface area contributed by atoms with Crippen molar-refractivity contribution in [1.29, 1.82) is 0 Å². The molecular weight excluding hydrogens is 245 g/mol. The zero-order valence-electron chi connectivity index (χ0n) is 10.6. The number of nitrogens with one attached hydrogen (secondary N) is 1. The highest BCUT2D eigenvalue weighted by molar-refractivity contribution is 5.49. The highest BCUT2D eigenvalue weighted by Crippen LogP contribution is 2.28. The van der Waals surface area contributed by atoms with Gasteiger partial charge in [-0.15, -0.1) is 0 Å². The molecule has 0 radical (unpaired) electrons. The number of anilines is 1. The molecule has 0 bridgehead atoms. The van der Waals surface area contributed by atoms with Crippen LogP contribution in [0.4, 0.5) is 10.1 Å². The number of hydrogen-bond acceptors (Lipinski definition) is 3. The molecule has 1 atom stereocenters. The van der Waals surface area contributed by atoms with Crippen LogP contribution in [0.25, 0.3) is 0 Å². The molecule has 2 aromatic carbocycles. The quantitative estimate of drug-likeness (QED) is 0.793. The Kier molecular flexibility index (Phi) is 3.71. The maximum atomic E-state index is 13.7. The Labute approximate surface area is 111 Å². The number of rotatable bonds is 4. The van der Waals surface area contributed by atoms with E-state index in [0.29, 0.717) is 5.69 Å². The van der Waals surface area contributed by atoms with Gasteiger partial charge in [-0.05, 0) is 36.8 Å². The molecule has 19 heavy (non-hydrogen) atoms. The fourth-order valence-electron chi connectivity index (χ4n) is 1.89. The summed E-state index contributed by atoms with van der Waals surface area (Å²) in [6.07, 6.45) is 0. The Hall–Kier alpha value is -2.07. The molecule has 0 spiro atoms. The third kappa shape index (κ3) is 2.85. The van der Waals surface area contributed by atoms with Gasteiger partial charge in [-0.1, -0.05) is 24.3 Å². The van der Waals surface area contributed by atoms with Crippen LogP contribution in [-0.4, -0.2) is 16.8 Å². The van der Waals surface area contributed by atoms with Crippen molar-refractivity contribution in [2.45, 2.75) is 12.5 Å². The standard InChI is InChI=1S/C15H16FNO2/c1-15(10-18,11-6-8-12(19)9-7-11)17-14-5-3-2-4-13(14)16/h2-9,17-19H,10H2,1H3. The Morgan fingerprint density at radius 3 is 2.32 bits per heavy atom. The van der Waals surface area contributed by atoms with Crippen LogP contribution in [0.3, 0.4) is 0 Å². The third-order valence-electron chi connectivity index (χ3n) is 3.11. The van der Waals surface area contributed by atoms with Crippen LogP contribution in [0.15, 0.2) is 48.5 Å². The minimum Gasteiger partial charge on any atom is -0.508 e. The molecular formula is C15H16FNO2. The van der Waals surface area contributed by atoms with Crippen LogP contribution in [-0.2, 0) is 5.54 Å². The normalized spacial score (nSPS) is 13.8. The summed E-state index contributed by atoms with van der Waals surface area (Å²) < 4.78 is 13.7. The molecule has 3 nitrogen and oxygen atoms in total. The second kappa shape index (κ2) is 5.28.